The molecule has 1 unspecified atom stereocenters. The molecule has 0 saturated carbocycles. The molecule has 0 amide bonds. The van der Waals surface area contributed by atoms with E-state index in [1.54, 1.807) is 4.68 Å². The molecule has 1 atom stereocenters. The zero-order valence-corrected chi connectivity index (χ0v) is 13.2. The summed E-state index contributed by atoms with van der Waals surface area (Å²) in [6, 6.07) is 10.6. The van der Waals surface area contributed by atoms with E-state index < -0.39 is 0 Å². The van der Waals surface area contributed by atoms with Gasteiger partial charge in [-0.25, -0.2) is 0 Å². The first-order valence-corrected chi connectivity index (χ1v) is 7.68. The Morgan fingerprint density at radius 3 is 2.71 bits per heavy atom. The minimum absolute atomic E-state index is 0.338. The van der Waals surface area contributed by atoms with E-state index in [-0.39, 0.29) is 0 Å². The lowest BCUT2D eigenvalue weighted by Crippen LogP contribution is -2.22. The van der Waals surface area contributed by atoms with E-state index in [1.807, 2.05) is 31.4 Å². The van der Waals surface area contributed by atoms with Crippen LogP contribution in [0.15, 0.2) is 36.5 Å². The molecule has 0 aliphatic heterocycles. The van der Waals surface area contributed by atoms with Crippen molar-refractivity contribution in [1.82, 2.24) is 15.1 Å². The first kappa shape index (κ1) is 15.6. The lowest BCUT2D eigenvalue weighted by molar-refractivity contribution is 0.292. The molecule has 0 aliphatic rings. The van der Waals surface area contributed by atoms with Crippen molar-refractivity contribution in [3.63, 3.8) is 0 Å². The summed E-state index contributed by atoms with van der Waals surface area (Å²) >= 11 is 0. The first-order chi connectivity index (χ1) is 10.2. The van der Waals surface area contributed by atoms with E-state index in [4.69, 9.17) is 4.74 Å². The number of para-hydroxylation sites is 1. The zero-order chi connectivity index (χ0) is 15.1. The van der Waals surface area contributed by atoms with Crippen LogP contribution in [0.4, 0.5) is 0 Å². The Bertz CT molecular complexity index is 550. The topological polar surface area (TPSA) is 39.1 Å². The van der Waals surface area contributed by atoms with Crippen molar-refractivity contribution in [2.45, 2.75) is 39.3 Å². The van der Waals surface area contributed by atoms with Gasteiger partial charge in [0.2, 0.25) is 0 Å². The number of hydrogen-bond donors (Lipinski definition) is 1. The number of ether oxygens (including phenoxy) is 1. The maximum atomic E-state index is 5.98. The molecule has 114 valence electrons. The van der Waals surface area contributed by atoms with Gasteiger partial charge in [0.1, 0.15) is 12.4 Å². The summed E-state index contributed by atoms with van der Waals surface area (Å²) in [6.45, 7) is 5.90. The molecule has 1 heterocycles. The second kappa shape index (κ2) is 7.84. The van der Waals surface area contributed by atoms with Gasteiger partial charge >= 0.3 is 0 Å². The van der Waals surface area contributed by atoms with Gasteiger partial charge in [0.15, 0.2) is 0 Å². The molecule has 4 heteroatoms. The third-order valence-electron chi connectivity index (χ3n) is 3.49. The Morgan fingerprint density at radius 1 is 1.24 bits per heavy atom. The maximum absolute atomic E-state index is 5.98. The minimum atomic E-state index is 0.338. The summed E-state index contributed by atoms with van der Waals surface area (Å²) in [4.78, 5) is 0. The molecule has 1 aromatic heterocycles. The van der Waals surface area contributed by atoms with Gasteiger partial charge in [-0.2, -0.15) is 5.10 Å². The zero-order valence-electron chi connectivity index (χ0n) is 13.2. The van der Waals surface area contributed by atoms with Crippen LogP contribution in [0.1, 0.15) is 44.0 Å². The monoisotopic (exact) mass is 287 g/mol. The molecular formula is C17H25N3O. The second-order valence-corrected chi connectivity index (χ2v) is 5.22. The highest BCUT2D eigenvalue weighted by atomic mass is 16.5. The number of rotatable bonds is 8. The molecule has 0 bridgehead atoms. The third kappa shape index (κ3) is 4.33. The summed E-state index contributed by atoms with van der Waals surface area (Å²) in [5.41, 5.74) is 2.17. The van der Waals surface area contributed by atoms with E-state index in [1.165, 1.54) is 5.56 Å². The molecule has 0 saturated heterocycles. The predicted octanol–water partition coefficient (Wildman–Crippen LogP) is 3.45. The van der Waals surface area contributed by atoms with Gasteiger partial charge in [-0.1, -0.05) is 32.0 Å². The normalized spacial score (nSPS) is 12.3. The summed E-state index contributed by atoms with van der Waals surface area (Å²) in [5.74, 6) is 0.943. The van der Waals surface area contributed by atoms with Gasteiger partial charge in [0, 0.05) is 24.8 Å². The number of nitrogens with zero attached hydrogens (tertiary/aromatic N) is 2. The Kier molecular flexibility index (Phi) is 5.81. The van der Waals surface area contributed by atoms with Gasteiger partial charge in [-0.3, -0.25) is 4.68 Å². The molecule has 0 radical (unpaired) electrons. The summed E-state index contributed by atoms with van der Waals surface area (Å²) in [5, 5.41) is 7.92. The van der Waals surface area contributed by atoms with Crippen molar-refractivity contribution in [2.24, 2.45) is 7.05 Å². The van der Waals surface area contributed by atoms with Crippen molar-refractivity contribution in [3.8, 4) is 5.75 Å². The number of nitrogens with one attached hydrogen (secondary N) is 1. The van der Waals surface area contributed by atoms with E-state index >= 15 is 0 Å². The van der Waals surface area contributed by atoms with Crippen LogP contribution < -0.4 is 10.1 Å². The highest BCUT2D eigenvalue weighted by Crippen LogP contribution is 2.27. The average Bonchev–Trinajstić information content (AvgIpc) is 2.92. The van der Waals surface area contributed by atoms with Crippen molar-refractivity contribution in [3.05, 3.63) is 47.8 Å². The molecule has 1 N–H and O–H groups in total. The number of aromatic nitrogens is 2. The standard InChI is InChI=1S/C17H25N3O/c1-4-11-18-16(5-2)15-8-6-7-9-17(15)21-13-14-10-12-20(3)19-14/h6-10,12,16,18H,4-5,11,13H2,1-3H3. The summed E-state index contributed by atoms with van der Waals surface area (Å²) in [7, 11) is 1.92. The number of aryl methyl sites for hydroxylation is 1. The highest BCUT2D eigenvalue weighted by Gasteiger charge is 2.13. The van der Waals surface area contributed by atoms with Gasteiger partial charge in [0.25, 0.3) is 0 Å². The van der Waals surface area contributed by atoms with Crippen molar-refractivity contribution in [2.75, 3.05) is 6.54 Å². The van der Waals surface area contributed by atoms with Crippen LogP contribution in [-0.2, 0) is 13.7 Å². The Hall–Kier alpha value is -1.81. The largest absolute Gasteiger partial charge is 0.487 e. The number of hydrogen-bond acceptors (Lipinski definition) is 3. The fraction of sp³-hybridized carbons (Fsp3) is 0.471. The predicted molar refractivity (Wildman–Crippen MR) is 85.3 cm³/mol. The Balaban J connectivity index is 2.08. The van der Waals surface area contributed by atoms with Crippen LogP contribution in [0.2, 0.25) is 0 Å². The quantitative estimate of drug-likeness (QED) is 0.808. The fourth-order valence-electron chi connectivity index (χ4n) is 2.38. The van der Waals surface area contributed by atoms with Crippen LogP contribution in [0, 0.1) is 0 Å². The molecule has 2 rings (SSSR count). The molecule has 0 aliphatic carbocycles. The van der Waals surface area contributed by atoms with Gasteiger partial charge in [-0.15, -0.1) is 0 Å². The average molecular weight is 287 g/mol. The molecular weight excluding hydrogens is 262 g/mol. The molecule has 0 fully saturated rings. The van der Waals surface area contributed by atoms with Crippen LogP contribution in [-0.4, -0.2) is 16.3 Å². The van der Waals surface area contributed by atoms with Crippen LogP contribution in [0.25, 0.3) is 0 Å². The minimum Gasteiger partial charge on any atom is -0.487 e. The first-order valence-electron chi connectivity index (χ1n) is 7.68. The third-order valence-corrected chi connectivity index (χ3v) is 3.49. The van der Waals surface area contributed by atoms with Gasteiger partial charge in [-0.05, 0) is 31.5 Å². The van der Waals surface area contributed by atoms with Crippen LogP contribution >= 0.6 is 0 Å². The molecule has 1 aromatic carbocycles. The molecule has 4 nitrogen and oxygen atoms in total. The summed E-state index contributed by atoms with van der Waals surface area (Å²) in [6.07, 6.45) is 4.11. The van der Waals surface area contributed by atoms with E-state index in [9.17, 15) is 0 Å². The molecule has 21 heavy (non-hydrogen) atoms. The van der Waals surface area contributed by atoms with Crippen molar-refractivity contribution < 1.29 is 4.74 Å². The SMILES string of the molecule is CCCNC(CC)c1ccccc1OCc1ccn(C)n1. The maximum Gasteiger partial charge on any atom is 0.132 e. The van der Waals surface area contributed by atoms with Gasteiger partial charge < -0.3 is 10.1 Å². The van der Waals surface area contributed by atoms with Crippen molar-refractivity contribution in [1.29, 1.82) is 0 Å². The Morgan fingerprint density at radius 2 is 2.05 bits per heavy atom. The second-order valence-electron chi connectivity index (χ2n) is 5.22. The van der Waals surface area contributed by atoms with Crippen molar-refractivity contribution >= 4 is 0 Å². The lowest BCUT2D eigenvalue weighted by Gasteiger charge is -2.20. The van der Waals surface area contributed by atoms with Crippen LogP contribution in [0.3, 0.4) is 0 Å². The molecule has 2 aromatic rings. The summed E-state index contributed by atoms with van der Waals surface area (Å²) < 4.78 is 7.78. The Labute approximate surface area is 127 Å². The van der Waals surface area contributed by atoms with Crippen LogP contribution in [0.5, 0.6) is 5.75 Å². The smallest absolute Gasteiger partial charge is 0.132 e. The lowest BCUT2D eigenvalue weighted by atomic mass is 10.0. The fourth-order valence-corrected chi connectivity index (χ4v) is 2.38. The van der Waals surface area contributed by atoms with E-state index in [0.29, 0.717) is 12.6 Å². The molecule has 0 spiro atoms. The van der Waals surface area contributed by atoms with E-state index in [2.05, 4.69) is 36.4 Å². The van der Waals surface area contributed by atoms with E-state index in [0.717, 1.165) is 30.8 Å². The number of benzene rings is 1. The highest BCUT2D eigenvalue weighted by molar-refractivity contribution is 5.36. The van der Waals surface area contributed by atoms with Gasteiger partial charge in [0.05, 0.1) is 5.69 Å².